The number of Topliss-reactive ketones (excluding diaryl/α,β-unsaturated/α-hetero) is 1. The molecule has 31 heavy (non-hydrogen) atoms. The Balaban J connectivity index is 1.65. The Morgan fingerprint density at radius 1 is 1.13 bits per heavy atom. The van der Waals surface area contributed by atoms with Crippen LogP contribution in [0.1, 0.15) is 64.8 Å². The first-order valence-electron chi connectivity index (χ1n) is 10.6. The largest absolute Gasteiger partial charge is 0.496 e. The molecule has 0 saturated heterocycles. The number of carbonyl (C=O) groups is 3. The van der Waals surface area contributed by atoms with Gasteiger partial charge in [-0.05, 0) is 50.8 Å². The summed E-state index contributed by atoms with van der Waals surface area (Å²) >= 11 is 0. The highest BCUT2D eigenvalue weighted by Crippen LogP contribution is 2.38. The lowest BCUT2D eigenvalue weighted by atomic mass is 10.0. The maximum atomic E-state index is 12.7. The van der Waals surface area contributed by atoms with Crippen LogP contribution in [0.4, 0.5) is 0 Å². The van der Waals surface area contributed by atoms with Gasteiger partial charge in [-0.15, -0.1) is 0 Å². The number of rotatable bonds is 9. The van der Waals surface area contributed by atoms with Crippen molar-refractivity contribution in [2.24, 2.45) is 5.92 Å². The first-order valence-corrected chi connectivity index (χ1v) is 10.6. The maximum Gasteiger partial charge on any atom is 0.329 e. The fourth-order valence-corrected chi connectivity index (χ4v) is 3.81. The molecular weight excluding hydrogens is 396 g/mol. The fraction of sp³-hybridized carbons (Fsp3) is 0.458. The molecule has 2 aromatic rings. The van der Waals surface area contributed by atoms with Crippen LogP contribution in [0.15, 0.2) is 30.3 Å². The normalized spacial score (nSPS) is 14.3. The molecule has 1 N–H and O–H groups in total. The molecule has 1 amide bonds. The van der Waals surface area contributed by atoms with Gasteiger partial charge in [-0.3, -0.25) is 9.59 Å². The summed E-state index contributed by atoms with van der Waals surface area (Å²) in [7, 11) is 1.48. The number of ketones is 1. The number of esters is 1. The molecule has 1 aliphatic rings. The van der Waals surface area contributed by atoms with Gasteiger partial charge in [-0.2, -0.15) is 0 Å². The minimum Gasteiger partial charge on any atom is -0.496 e. The molecule has 1 aromatic carbocycles. The van der Waals surface area contributed by atoms with Gasteiger partial charge in [-0.25, -0.2) is 4.79 Å². The van der Waals surface area contributed by atoms with Gasteiger partial charge in [0.2, 0.25) is 5.78 Å². The number of benzene rings is 1. The van der Waals surface area contributed by atoms with Gasteiger partial charge in [0.25, 0.3) is 5.91 Å². The fourth-order valence-electron chi connectivity index (χ4n) is 3.81. The molecule has 1 aliphatic carbocycles. The van der Waals surface area contributed by atoms with Gasteiger partial charge in [0.15, 0.2) is 6.61 Å². The number of nitrogens with one attached hydrogen (secondary N) is 1. The van der Waals surface area contributed by atoms with Crippen molar-refractivity contribution in [3.63, 3.8) is 0 Å². The van der Waals surface area contributed by atoms with Gasteiger partial charge in [0, 0.05) is 23.0 Å². The molecule has 1 atom stereocenters. The summed E-state index contributed by atoms with van der Waals surface area (Å²) in [6.07, 6.45) is 2.25. The Morgan fingerprint density at radius 3 is 2.42 bits per heavy atom. The standard InChI is InChI=1S/C24H30N2O5/c1-14(2)22(25-23(28)18-8-6-7-9-21(18)30-5)24(29)31-13-20(27)19-12-15(3)26(16(19)4)17-10-11-17/h6-9,12,14,17,22H,10-11,13H2,1-5H3,(H,25,28)/t22-/m0/s1. The van der Waals surface area contributed by atoms with Gasteiger partial charge in [-0.1, -0.05) is 26.0 Å². The van der Waals surface area contributed by atoms with Crippen LogP contribution >= 0.6 is 0 Å². The van der Waals surface area contributed by atoms with Crippen molar-refractivity contribution in [1.82, 2.24) is 9.88 Å². The zero-order valence-electron chi connectivity index (χ0n) is 18.7. The summed E-state index contributed by atoms with van der Waals surface area (Å²) < 4.78 is 12.7. The molecule has 7 nitrogen and oxygen atoms in total. The Kier molecular flexibility index (Phi) is 6.83. The van der Waals surface area contributed by atoms with Crippen molar-refractivity contribution < 1.29 is 23.9 Å². The zero-order chi connectivity index (χ0) is 22.7. The van der Waals surface area contributed by atoms with Crippen LogP contribution in [0.3, 0.4) is 0 Å². The summed E-state index contributed by atoms with van der Waals surface area (Å²) in [5.74, 6) is -1.12. The number of nitrogens with zero attached hydrogens (tertiary/aromatic N) is 1. The summed E-state index contributed by atoms with van der Waals surface area (Å²) in [6, 6.07) is 8.22. The highest BCUT2D eigenvalue weighted by Gasteiger charge is 2.30. The molecule has 1 heterocycles. The van der Waals surface area contributed by atoms with Crippen molar-refractivity contribution in [2.75, 3.05) is 13.7 Å². The van der Waals surface area contributed by atoms with E-state index in [1.54, 1.807) is 38.1 Å². The number of para-hydroxylation sites is 1. The van der Waals surface area contributed by atoms with Crippen molar-refractivity contribution in [3.8, 4) is 5.75 Å². The molecule has 0 unspecified atom stereocenters. The van der Waals surface area contributed by atoms with E-state index in [2.05, 4.69) is 9.88 Å². The minimum absolute atomic E-state index is 0.221. The van der Waals surface area contributed by atoms with E-state index in [0.717, 1.165) is 24.2 Å². The second-order valence-corrected chi connectivity index (χ2v) is 8.31. The first-order chi connectivity index (χ1) is 14.7. The quantitative estimate of drug-likeness (QED) is 0.489. The number of carbonyl (C=O) groups excluding carboxylic acids is 3. The summed E-state index contributed by atoms with van der Waals surface area (Å²) in [5, 5.41) is 2.71. The number of hydrogen-bond acceptors (Lipinski definition) is 5. The predicted molar refractivity (Wildman–Crippen MR) is 117 cm³/mol. The van der Waals surface area contributed by atoms with Crippen LogP contribution in [0.2, 0.25) is 0 Å². The topological polar surface area (TPSA) is 86.6 Å². The Labute approximate surface area is 182 Å². The number of aromatic nitrogens is 1. The third kappa shape index (κ3) is 4.98. The first kappa shape index (κ1) is 22.6. The van der Waals surface area contributed by atoms with E-state index in [-0.39, 0.29) is 18.3 Å². The van der Waals surface area contributed by atoms with Crippen molar-refractivity contribution in [3.05, 3.63) is 52.8 Å². The monoisotopic (exact) mass is 426 g/mol. The zero-order valence-corrected chi connectivity index (χ0v) is 18.7. The lowest BCUT2D eigenvalue weighted by molar-refractivity contribution is -0.145. The molecular formula is C24H30N2O5. The summed E-state index contributed by atoms with van der Waals surface area (Å²) in [4.78, 5) is 38.1. The van der Waals surface area contributed by atoms with Gasteiger partial charge < -0.3 is 19.4 Å². The van der Waals surface area contributed by atoms with Gasteiger partial charge in [0.1, 0.15) is 11.8 Å². The number of amides is 1. The van der Waals surface area contributed by atoms with E-state index >= 15 is 0 Å². The van der Waals surface area contributed by atoms with Crippen molar-refractivity contribution in [1.29, 1.82) is 0 Å². The molecule has 0 radical (unpaired) electrons. The van der Waals surface area contributed by atoms with Crippen molar-refractivity contribution in [2.45, 2.75) is 52.6 Å². The Bertz CT molecular complexity index is 988. The third-order valence-corrected chi connectivity index (χ3v) is 5.60. The molecule has 0 spiro atoms. The van der Waals surface area contributed by atoms with Crippen LogP contribution in [-0.2, 0) is 9.53 Å². The van der Waals surface area contributed by atoms with E-state index in [0.29, 0.717) is 22.9 Å². The van der Waals surface area contributed by atoms with E-state index in [1.165, 1.54) is 7.11 Å². The van der Waals surface area contributed by atoms with Crippen LogP contribution in [0.25, 0.3) is 0 Å². The van der Waals surface area contributed by atoms with Gasteiger partial charge in [0.05, 0.1) is 12.7 Å². The van der Waals surface area contributed by atoms with E-state index in [4.69, 9.17) is 9.47 Å². The molecule has 1 fully saturated rings. The van der Waals surface area contributed by atoms with Crippen LogP contribution in [0, 0.1) is 19.8 Å². The molecule has 166 valence electrons. The molecule has 0 aliphatic heterocycles. The Morgan fingerprint density at radius 2 is 1.81 bits per heavy atom. The van der Waals surface area contributed by atoms with Crippen LogP contribution in [-0.4, -0.2) is 42.0 Å². The smallest absolute Gasteiger partial charge is 0.329 e. The van der Waals surface area contributed by atoms with E-state index in [1.807, 2.05) is 19.9 Å². The molecule has 0 bridgehead atoms. The number of ether oxygens (including phenoxy) is 2. The minimum atomic E-state index is -0.885. The average Bonchev–Trinajstić information content (AvgIpc) is 3.53. The second kappa shape index (κ2) is 9.37. The summed E-state index contributed by atoms with van der Waals surface area (Å²) in [5.41, 5.74) is 2.85. The Hall–Kier alpha value is -3.09. The highest BCUT2D eigenvalue weighted by molar-refractivity contribution is 6.01. The van der Waals surface area contributed by atoms with E-state index < -0.39 is 17.9 Å². The SMILES string of the molecule is COc1ccccc1C(=O)N[C@H](C(=O)OCC(=O)c1cc(C)n(C2CC2)c1C)C(C)C. The van der Waals surface area contributed by atoms with Gasteiger partial charge >= 0.3 is 5.97 Å². The lowest BCUT2D eigenvalue weighted by Crippen LogP contribution is -2.45. The molecule has 1 aromatic heterocycles. The lowest BCUT2D eigenvalue weighted by Gasteiger charge is -2.21. The number of aryl methyl sites for hydroxylation is 1. The van der Waals surface area contributed by atoms with Crippen LogP contribution < -0.4 is 10.1 Å². The molecule has 7 heteroatoms. The van der Waals surface area contributed by atoms with Crippen LogP contribution in [0.5, 0.6) is 5.75 Å². The third-order valence-electron chi connectivity index (χ3n) is 5.60. The van der Waals surface area contributed by atoms with E-state index in [9.17, 15) is 14.4 Å². The maximum absolute atomic E-state index is 12.7. The van der Waals surface area contributed by atoms with Crippen molar-refractivity contribution >= 4 is 17.7 Å². The number of hydrogen-bond donors (Lipinski definition) is 1. The average molecular weight is 427 g/mol. The second-order valence-electron chi connectivity index (χ2n) is 8.31. The number of methoxy groups -OCH3 is 1. The predicted octanol–water partition coefficient (Wildman–Crippen LogP) is 3.63. The summed E-state index contributed by atoms with van der Waals surface area (Å²) in [6.45, 7) is 7.15. The highest BCUT2D eigenvalue weighted by atomic mass is 16.5. The molecule has 1 saturated carbocycles. The molecule has 3 rings (SSSR count).